The highest BCUT2D eigenvalue weighted by atomic mass is 16.6. The predicted molar refractivity (Wildman–Crippen MR) is 62.2 cm³/mol. The molecule has 0 fully saturated rings. The van der Waals surface area contributed by atoms with E-state index >= 15 is 0 Å². The van der Waals surface area contributed by atoms with Crippen molar-refractivity contribution in [2.45, 2.75) is 46.1 Å². The molecule has 1 aromatic rings. The Labute approximate surface area is 95.6 Å². The Bertz CT molecular complexity index is 336. The molecule has 5 heteroatoms. The molecule has 0 aliphatic rings. The van der Waals surface area contributed by atoms with E-state index < -0.39 is 4.92 Å². The molecular weight excluding hydrogens is 206 g/mol. The lowest BCUT2D eigenvalue weighted by atomic mass is 10.00. The molecule has 0 amide bonds. The zero-order valence-electron chi connectivity index (χ0n) is 9.93. The van der Waals surface area contributed by atoms with Crippen molar-refractivity contribution in [1.82, 2.24) is 9.78 Å². The van der Waals surface area contributed by atoms with Gasteiger partial charge < -0.3 is 10.1 Å². The molecule has 1 rings (SSSR count). The number of nitrogens with zero attached hydrogens (tertiary/aromatic N) is 3. The quantitative estimate of drug-likeness (QED) is 0.529. The Morgan fingerprint density at radius 1 is 1.56 bits per heavy atom. The van der Waals surface area contributed by atoms with E-state index in [1.54, 1.807) is 10.9 Å². The molecule has 0 aliphatic heterocycles. The van der Waals surface area contributed by atoms with Crippen LogP contribution in [0.1, 0.15) is 39.5 Å². The maximum absolute atomic E-state index is 10.5. The smallest absolute Gasteiger partial charge is 0.358 e. The Morgan fingerprint density at radius 2 is 2.31 bits per heavy atom. The van der Waals surface area contributed by atoms with Crippen LogP contribution in [0.2, 0.25) is 0 Å². The Morgan fingerprint density at radius 3 is 2.81 bits per heavy atom. The van der Waals surface area contributed by atoms with Crippen LogP contribution < -0.4 is 0 Å². The summed E-state index contributed by atoms with van der Waals surface area (Å²) in [6, 6.07) is 1.45. The van der Waals surface area contributed by atoms with Crippen molar-refractivity contribution >= 4 is 5.82 Å². The first kappa shape index (κ1) is 12.7. The lowest BCUT2D eigenvalue weighted by molar-refractivity contribution is -0.389. The lowest BCUT2D eigenvalue weighted by Crippen LogP contribution is -2.10. The van der Waals surface area contributed by atoms with Gasteiger partial charge >= 0.3 is 5.82 Å². The fourth-order valence-electron chi connectivity index (χ4n) is 1.73. The van der Waals surface area contributed by atoms with E-state index in [0.717, 1.165) is 13.0 Å². The van der Waals surface area contributed by atoms with E-state index in [2.05, 4.69) is 18.9 Å². The number of unbranched alkanes of at least 4 members (excludes halogenated alkanes) is 1. The molecule has 5 nitrogen and oxygen atoms in total. The van der Waals surface area contributed by atoms with Crippen molar-refractivity contribution in [2.24, 2.45) is 5.92 Å². The second-order valence-electron chi connectivity index (χ2n) is 4.07. The summed E-state index contributed by atoms with van der Waals surface area (Å²) >= 11 is 0. The Balaban J connectivity index is 2.52. The first-order valence-electron chi connectivity index (χ1n) is 5.85. The molecular formula is C11H19N3O2. The van der Waals surface area contributed by atoms with Crippen molar-refractivity contribution < 1.29 is 4.92 Å². The first-order chi connectivity index (χ1) is 7.67. The third kappa shape index (κ3) is 3.64. The van der Waals surface area contributed by atoms with Gasteiger partial charge in [0, 0.05) is 0 Å². The molecule has 0 radical (unpaired) electrons. The van der Waals surface area contributed by atoms with Crippen LogP contribution in [-0.2, 0) is 6.54 Å². The molecule has 90 valence electrons. The van der Waals surface area contributed by atoms with Gasteiger partial charge in [-0.3, -0.25) is 0 Å². The highest BCUT2D eigenvalue weighted by molar-refractivity contribution is 5.13. The fourth-order valence-corrected chi connectivity index (χ4v) is 1.73. The number of aromatic nitrogens is 2. The van der Waals surface area contributed by atoms with Gasteiger partial charge in [-0.05, 0) is 17.3 Å². The molecule has 0 saturated carbocycles. The monoisotopic (exact) mass is 225 g/mol. The van der Waals surface area contributed by atoms with E-state index in [9.17, 15) is 10.1 Å². The lowest BCUT2D eigenvalue weighted by Gasteiger charge is -2.11. The van der Waals surface area contributed by atoms with E-state index in [1.807, 2.05) is 0 Å². The van der Waals surface area contributed by atoms with Crippen molar-refractivity contribution in [2.75, 3.05) is 0 Å². The van der Waals surface area contributed by atoms with E-state index in [-0.39, 0.29) is 5.82 Å². The van der Waals surface area contributed by atoms with Gasteiger partial charge in [-0.25, -0.2) is 0 Å². The molecule has 1 atom stereocenters. The van der Waals surface area contributed by atoms with Crippen LogP contribution in [0.3, 0.4) is 0 Å². The predicted octanol–water partition coefficient (Wildman–Crippen LogP) is 3.01. The van der Waals surface area contributed by atoms with Crippen molar-refractivity contribution in [3.63, 3.8) is 0 Å². The van der Waals surface area contributed by atoms with Crippen LogP contribution in [0, 0.1) is 16.0 Å². The average molecular weight is 225 g/mol. The Hall–Kier alpha value is -1.39. The molecule has 0 aromatic carbocycles. The van der Waals surface area contributed by atoms with E-state index in [1.165, 1.54) is 25.3 Å². The molecule has 0 bridgehead atoms. The van der Waals surface area contributed by atoms with Crippen LogP contribution in [0.4, 0.5) is 5.82 Å². The summed E-state index contributed by atoms with van der Waals surface area (Å²) in [5.74, 6) is 0.504. The summed E-state index contributed by atoms with van der Waals surface area (Å²) in [6.45, 7) is 5.11. The third-order valence-corrected chi connectivity index (χ3v) is 2.80. The van der Waals surface area contributed by atoms with Gasteiger partial charge in [0.2, 0.25) is 0 Å². The maximum Gasteiger partial charge on any atom is 0.389 e. The summed E-state index contributed by atoms with van der Waals surface area (Å²) in [5, 5.41) is 14.4. The van der Waals surface area contributed by atoms with Crippen LogP contribution in [0.25, 0.3) is 0 Å². The number of hydrogen-bond acceptors (Lipinski definition) is 3. The van der Waals surface area contributed by atoms with Crippen molar-refractivity contribution in [3.8, 4) is 0 Å². The van der Waals surface area contributed by atoms with Gasteiger partial charge in [-0.15, -0.1) is 0 Å². The van der Waals surface area contributed by atoms with Crippen LogP contribution in [0.15, 0.2) is 12.3 Å². The topological polar surface area (TPSA) is 61.0 Å². The van der Waals surface area contributed by atoms with Gasteiger partial charge in [-0.2, -0.15) is 4.68 Å². The Kier molecular flexibility index (Phi) is 4.95. The summed E-state index contributed by atoms with van der Waals surface area (Å²) < 4.78 is 1.68. The highest BCUT2D eigenvalue weighted by Gasteiger charge is 2.14. The minimum Gasteiger partial charge on any atom is -0.358 e. The largest absolute Gasteiger partial charge is 0.389 e. The molecule has 0 saturated heterocycles. The zero-order chi connectivity index (χ0) is 12.0. The van der Waals surface area contributed by atoms with Gasteiger partial charge in [0.25, 0.3) is 0 Å². The van der Waals surface area contributed by atoms with Gasteiger partial charge in [0.05, 0.1) is 23.9 Å². The summed E-state index contributed by atoms with van der Waals surface area (Å²) in [6.07, 6.45) is 6.35. The molecule has 16 heavy (non-hydrogen) atoms. The van der Waals surface area contributed by atoms with Crippen molar-refractivity contribution in [1.29, 1.82) is 0 Å². The highest BCUT2D eigenvalue weighted by Crippen LogP contribution is 2.15. The normalized spacial score (nSPS) is 12.6. The van der Waals surface area contributed by atoms with E-state index in [0.29, 0.717) is 5.92 Å². The van der Waals surface area contributed by atoms with Gasteiger partial charge in [0.15, 0.2) is 0 Å². The maximum atomic E-state index is 10.5. The van der Waals surface area contributed by atoms with Crippen LogP contribution >= 0.6 is 0 Å². The third-order valence-electron chi connectivity index (χ3n) is 2.80. The standard InChI is InChI=1S/C11H19N3O2/c1-3-5-6-10(4-2)9-13-8-7-11(12-13)14(15)16/h7-8,10H,3-6,9H2,1-2H3/t10-/m1/s1. The molecule has 0 unspecified atom stereocenters. The SMILES string of the molecule is CCCC[C@@H](CC)Cn1ccc([N+](=O)[O-])n1. The van der Waals surface area contributed by atoms with Gasteiger partial charge in [0.1, 0.15) is 0 Å². The molecule has 0 spiro atoms. The van der Waals surface area contributed by atoms with Crippen LogP contribution in [0.5, 0.6) is 0 Å². The molecule has 1 heterocycles. The molecule has 0 aliphatic carbocycles. The summed E-state index contributed by atoms with van der Waals surface area (Å²) in [7, 11) is 0. The second kappa shape index (κ2) is 6.25. The van der Waals surface area contributed by atoms with Crippen LogP contribution in [-0.4, -0.2) is 14.7 Å². The second-order valence-corrected chi connectivity index (χ2v) is 4.07. The minimum absolute atomic E-state index is 0.0645. The zero-order valence-corrected chi connectivity index (χ0v) is 9.93. The average Bonchev–Trinajstić information content (AvgIpc) is 2.72. The van der Waals surface area contributed by atoms with Gasteiger partial charge in [-0.1, -0.05) is 33.1 Å². The molecule has 1 aromatic heterocycles. The number of hydrogen-bond donors (Lipinski definition) is 0. The van der Waals surface area contributed by atoms with E-state index in [4.69, 9.17) is 0 Å². The number of nitro groups is 1. The van der Waals surface area contributed by atoms with Crippen molar-refractivity contribution in [3.05, 3.63) is 22.4 Å². The first-order valence-corrected chi connectivity index (χ1v) is 5.85. The number of rotatable bonds is 7. The minimum atomic E-state index is -0.455. The fraction of sp³-hybridized carbons (Fsp3) is 0.727. The summed E-state index contributed by atoms with van der Waals surface area (Å²) in [4.78, 5) is 10.0. The summed E-state index contributed by atoms with van der Waals surface area (Å²) in [5.41, 5.74) is 0. The molecule has 0 N–H and O–H groups in total.